The van der Waals surface area contributed by atoms with Gasteiger partial charge in [-0.05, 0) is 12.1 Å². The summed E-state index contributed by atoms with van der Waals surface area (Å²) in [5, 5.41) is 8.61. The van der Waals surface area contributed by atoms with Crippen molar-refractivity contribution in [2.75, 3.05) is 0 Å². The average Bonchev–Trinajstić information content (AvgIpc) is 2.04. The van der Waals surface area contributed by atoms with E-state index in [4.69, 9.17) is 8.17 Å². The fourth-order valence-corrected chi connectivity index (χ4v) is 1.09. The Bertz CT molecular complexity index is 277. The summed E-state index contributed by atoms with van der Waals surface area (Å²) in [6.45, 7) is 0. The number of aromatic carboxylic acids is 1. The standard InChI is InChI=1S/C7H5IO3.K.H/c8-11-6-4-2-1-3-5(6)7(9)10;;/h1-4H,(H,9,10);;. The van der Waals surface area contributed by atoms with E-state index in [0.717, 1.165) is 0 Å². The Hall–Kier alpha value is 0.856. The SMILES string of the molecule is O=C(O)c1ccccc1OI.[KH]. The first-order valence-corrected chi connectivity index (χ1v) is 3.74. The summed E-state index contributed by atoms with van der Waals surface area (Å²) in [4.78, 5) is 10.5. The van der Waals surface area contributed by atoms with Crippen molar-refractivity contribution in [2.45, 2.75) is 0 Å². The molecule has 0 amide bonds. The van der Waals surface area contributed by atoms with Crippen molar-refractivity contribution in [1.82, 2.24) is 0 Å². The molecule has 0 aromatic heterocycles. The van der Waals surface area contributed by atoms with Crippen LogP contribution in [0.2, 0.25) is 0 Å². The molecule has 1 N–H and O–H groups in total. The molecular weight excluding hydrogens is 298 g/mol. The second-order valence-corrected chi connectivity index (χ2v) is 2.32. The molecule has 0 aliphatic heterocycles. The predicted molar refractivity (Wildman–Crippen MR) is 55.2 cm³/mol. The van der Waals surface area contributed by atoms with E-state index in [1.807, 2.05) is 0 Å². The van der Waals surface area contributed by atoms with Crippen LogP contribution in [-0.2, 0) is 0 Å². The number of rotatable bonds is 2. The van der Waals surface area contributed by atoms with Crippen LogP contribution in [0.25, 0.3) is 0 Å². The molecule has 0 saturated carbocycles. The Morgan fingerprint density at radius 1 is 1.42 bits per heavy atom. The van der Waals surface area contributed by atoms with E-state index in [-0.39, 0.29) is 56.9 Å². The Labute approximate surface area is 127 Å². The Balaban J connectivity index is 0.00000121. The van der Waals surface area contributed by atoms with Gasteiger partial charge in [0.15, 0.2) is 23.0 Å². The number of carbonyl (C=O) groups is 1. The Morgan fingerprint density at radius 2 is 2.00 bits per heavy atom. The van der Waals surface area contributed by atoms with Crippen molar-refractivity contribution >= 4 is 80.4 Å². The van der Waals surface area contributed by atoms with Gasteiger partial charge in [-0.3, -0.25) is 0 Å². The minimum atomic E-state index is -0.975. The second kappa shape index (κ2) is 6.33. The predicted octanol–water partition coefficient (Wildman–Crippen LogP) is 1.47. The summed E-state index contributed by atoms with van der Waals surface area (Å²) >= 11 is 1.65. The zero-order valence-electron chi connectivity index (χ0n) is 5.45. The second-order valence-electron chi connectivity index (χ2n) is 1.88. The van der Waals surface area contributed by atoms with Gasteiger partial charge in [-0.1, -0.05) is 12.1 Å². The van der Waals surface area contributed by atoms with Crippen molar-refractivity contribution in [3.05, 3.63) is 29.8 Å². The van der Waals surface area contributed by atoms with E-state index >= 15 is 0 Å². The average molecular weight is 304 g/mol. The summed E-state index contributed by atoms with van der Waals surface area (Å²) in [5.41, 5.74) is 0.182. The van der Waals surface area contributed by atoms with Gasteiger partial charge in [0.05, 0.1) is 0 Å². The number of carboxylic acids is 1. The third-order valence-corrected chi connectivity index (χ3v) is 1.68. The van der Waals surface area contributed by atoms with E-state index in [9.17, 15) is 4.79 Å². The van der Waals surface area contributed by atoms with Crippen LogP contribution in [-0.4, -0.2) is 62.5 Å². The van der Waals surface area contributed by atoms with Gasteiger partial charge >= 0.3 is 57.4 Å². The monoisotopic (exact) mass is 304 g/mol. The van der Waals surface area contributed by atoms with Gasteiger partial charge in [0, 0.05) is 0 Å². The molecule has 0 radical (unpaired) electrons. The van der Waals surface area contributed by atoms with Crippen LogP contribution in [0.5, 0.6) is 5.75 Å². The van der Waals surface area contributed by atoms with Crippen molar-refractivity contribution in [2.24, 2.45) is 0 Å². The van der Waals surface area contributed by atoms with E-state index < -0.39 is 5.97 Å². The van der Waals surface area contributed by atoms with Crippen molar-refractivity contribution in [3.63, 3.8) is 0 Å². The molecule has 0 unspecified atom stereocenters. The summed E-state index contributed by atoms with van der Waals surface area (Å²) in [6.07, 6.45) is 0. The number of benzene rings is 1. The van der Waals surface area contributed by atoms with Gasteiger partial charge in [-0.25, -0.2) is 4.79 Å². The fourth-order valence-electron chi connectivity index (χ4n) is 0.711. The molecule has 1 rings (SSSR count). The van der Waals surface area contributed by atoms with Crippen LogP contribution in [0.15, 0.2) is 24.3 Å². The molecular formula is C7H6IKO3. The van der Waals surface area contributed by atoms with Crippen molar-refractivity contribution in [1.29, 1.82) is 0 Å². The van der Waals surface area contributed by atoms with Gasteiger partial charge < -0.3 is 8.17 Å². The van der Waals surface area contributed by atoms with E-state index in [1.165, 1.54) is 6.07 Å². The first kappa shape index (κ1) is 12.9. The molecule has 0 bridgehead atoms. The van der Waals surface area contributed by atoms with E-state index in [0.29, 0.717) is 5.75 Å². The molecule has 3 nitrogen and oxygen atoms in total. The van der Waals surface area contributed by atoms with Crippen molar-refractivity contribution in [3.8, 4) is 5.75 Å². The zero-order chi connectivity index (χ0) is 8.27. The van der Waals surface area contributed by atoms with Crippen molar-refractivity contribution < 1.29 is 13.0 Å². The molecule has 0 fully saturated rings. The van der Waals surface area contributed by atoms with Gasteiger partial charge in [0.1, 0.15) is 11.3 Å². The van der Waals surface area contributed by atoms with Crippen LogP contribution in [0.3, 0.4) is 0 Å². The van der Waals surface area contributed by atoms with Gasteiger partial charge in [0.2, 0.25) is 0 Å². The van der Waals surface area contributed by atoms with Gasteiger partial charge in [0.25, 0.3) is 0 Å². The molecule has 0 saturated heterocycles. The van der Waals surface area contributed by atoms with E-state index in [2.05, 4.69) is 0 Å². The molecule has 0 heterocycles. The number of halogens is 1. The molecule has 0 atom stereocenters. The minimum absolute atomic E-state index is 0. The summed E-state index contributed by atoms with van der Waals surface area (Å²) in [7, 11) is 0. The molecule has 12 heavy (non-hydrogen) atoms. The first-order chi connectivity index (χ1) is 5.25. The summed E-state index contributed by atoms with van der Waals surface area (Å²) in [5.74, 6) is -0.599. The maximum absolute atomic E-state index is 10.5. The van der Waals surface area contributed by atoms with Gasteiger partial charge in [-0.2, -0.15) is 0 Å². The Kier molecular flexibility index (Phi) is 6.78. The number of para-hydroxylation sites is 1. The Morgan fingerprint density at radius 3 is 2.42 bits per heavy atom. The third kappa shape index (κ3) is 3.31. The van der Waals surface area contributed by atoms with Crippen LogP contribution >= 0.6 is 23.0 Å². The molecule has 1 aromatic carbocycles. The zero-order valence-corrected chi connectivity index (χ0v) is 7.61. The third-order valence-electron chi connectivity index (χ3n) is 1.20. The molecule has 0 aliphatic rings. The van der Waals surface area contributed by atoms with E-state index in [1.54, 1.807) is 41.2 Å². The van der Waals surface area contributed by atoms with Crippen LogP contribution < -0.4 is 3.07 Å². The molecule has 0 aliphatic carbocycles. The molecule has 60 valence electrons. The molecule has 0 spiro atoms. The molecule has 5 heteroatoms. The van der Waals surface area contributed by atoms with Crippen LogP contribution in [0, 0.1) is 0 Å². The normalized spacial score (nSPS) is 8.42. The van der Waals surface area contributed by atoms with Crippen LogP contribution in [0.4, 0.5) is 0 Å². The summed E-state index contributed by atoms with van der Waals surface area (Å²) in [6, 6.07) is 6.48. The van der Waals surface area contributed by atoms with Crippen LogP contribution in [0.1, 0.15) is 10.4 Å². The fraction of sp³-hybridized carbons (Fsp3) is 0. The quantitative estimate of drug-likeness (QED) is 0.665. The number of hydrogen-bond acceptors (Lipinski definition) is 2. The maximum atomic E-state index is 10.5. The molecule has 1 aromatic rings. The topological polar surface area (TPSA) is 46.5 Å². The summed E-state index contributed by atoms with van der Waals surface area (Å²) < 4.78 is 4.80. The van der Waals surface area contributed by atoms with Gasteiger partial charge in [-0.15, -0.1) is 0 Å². The number of hydrogen-bond donors (Lipinski definition) is 1. The first-order valence-electron chi connectivity index (χ1n) is 2.86. The number of carboxylic acid groups (broad SMARTS) is 1.